The number of nitrogens with one attached hydrogen (secondary N) is 3. The van der Waals surface area contributed by atoms with Crippen LogP contribution in [0, 0.1) is 16.0 Å². The first-order chi connectivity index (χ1) is 15.6. The number of aromatic nitrogens is 4. The standard InChI is InChI=1S/C19H16F2N6O6/c20-19(21)9-26(7-10(19)8-33-12-3-1-11(2-4-12)27(31)32)15-5-14(24-25-17(15)29)13-6-22-18(30)23-16(13)28/h1-6,10H,7-9H2,(H,25,29)(H2,22,23,28,30). The Morgan fingerprint density at radius 2 is 1.94 bits per heavy atom. The van der Waals surface area contributed by atoms with Crippen molar-refractivity contribution in [3.63, 3.8) is 0 Å². The summed E-state index contributed by atoms with van der Waals surface area (Å²) in [5.41, 5.74) is -2.58. The van der Waals surface area contributed by atoms with E-state index >= 15 is 0 Å². The van der Waals surface area contributed by atoms with Crippen LogP contribution in [0.5, 0.6) is 5.75 Å². The molecule has 1 fully saturated rings. The summed E-state index contributed by atoms with van der Waals surface area (Å²) < 4.78 is 34.7. The summed E-state index contributed by atoms with van der Waals surface area (Å²) in [4.78, 5) is 51.0. The van der Waals surface area contributed by atoms with Crippen LogP contribution >= 0.6 is 0 Å². The molecule has 1 aromatic carbocycles. The fraction of sp³-hybridized carbons (Fsp3) is 0.263. The predicted octanol–water partition coefficient (Wildman–Crippen LogP) is 0.872. The van der Waals surface area contributed by atoms with Crippen molar-refractivity contribution in [2.45, 2.75) is 5.92 Å². The fourth-order valence-electron chi connectivity index (χ4n) is 3.44. The molecule has 1 aliphatic rings. The fourth-order valence-corrected chi connectivity index (χ4v) is 3.44. The van der Waals surface area contributed by atoms with Gasteiger partial charge in [0.05, 0.1) is 35.3 Å². The SMILES string of the molecule is O=c1[nH]cc(-c2cc(N3CC(COc4ccc([N+](=O)[O-])cc4)C(F)(F)C3)c(=O)[nH]n2)c(=O)[nH]1. The largest absolute Gasteiger partial charge is 0.493 e. The zero-order valence-electron chi connectivity index (χ0n) is 16.7. The highest BCUT2D eigenvalue weighted by atomic mass is 19.3. The first-order valence-electron chi connectivity index (χ1n) is 9.56. The van der Waals surface area contributed by atoms with Crippen molar-refractivity contribution in [1.82, 2.24) is 20.2 Å². The minimum atomic E-state index is -3.20. The molecule has 1 saturated heterocycles. The molecule has 3 N–H and O–H groups in total. The smallest absolute Gasteiger partial charge is 0.325 e. The van der Waals surface area contributed by atoms with E-state index in [4.69, 9.17) is 4.74 Å². The molecular formula is C19H16F2N6O6. The van der Waals surface area contributed by atoms with Gasteiger partial charge in [0.25, 0.3) is 22.7 Å². The lowest BCUT2D eigenvalue weighted by Gasteiger charge is -2.17. The second-order valence-electron chi connectivity index (χ2n) is 7.35. The molecule has 0 spiro atoms. The van der Waals surface area contributed by atoms with E-state index in [9.17, 15) is 33.3 Å². The van der Waals surface area contributed by atoms with Crippen LogP contribution in [0.2, 0.25) is 0 Å². The third-order valence-electron chi connectivity index (χ3n) is 5.16. The number of ether oxygens (including phenoxy) is 1. The molecule has 0 saturated carbocycles. The zero-order chi connectivity index (χ0) is 23.8. The molecule has 0 bridgehead atoms. The van der Waals surface area contributed by atoms with E-state index < -0.39 is 46.7 Å². The molecule has 12 nitrogen and oxygen atoms in total. The van der Waals surface area contributed by atoms with E-state index in [-0.39, 0.29) is 34.9 Å². The maximum absolute atomic E-state index is 14.6. The van der Waals surface area contributed by atoms with Crippen molar-refractivity contribution in [1.29, 1.82) is 0 Å². The minimum Gasteiger partial charge on any atom is -0.493 e. The van der Waals surface area contributed by atoms with Crippen LogP contribution < -0.4 is 26.4 Å². The second kappa shape index (κ2) is 8.29. The van der Waals surface area contributed by atoms with Crippen LogP contribution in [-0.4, -0.2) is 50.7 Å². The highest BCUT2D eigenvalue weighted by Crippen LogP contribution is 2.35. The van der Waals surface area contributed by atoms with E-state index in [1.807, 2.05) is 4.98 Å². The van der Waals surface area contributed by atoms with E-state index in [0.717, 1.165) is 11.1 Å². The lowest BCUT2D eigenvalue weighted by Crippen LogP contribution is -2.32. The maximum Gasteiger partial charge on any atom is 0.325 e. The highest BCUT2D eigenvalue weighted by Gasteiger charge is 2.49. The highest BCUT2D eigenvalue weighted by molar-refractivity contribution is 5.62. The Morgan fingerprint density at radius 1 is 1.21 bits per heavy atom. The molecule has 2 aromatic heterocycles. The number of hydrogen-bond donors (Lipinski definition) is 3. The summed E-state index contributed by atoms with van der Waals surface area (Å²) >= 11 is 0. The second-order valence-corrected chi connectivity index (χ2v) is 7.35. The molecule has 0 amide bonds. The van der Waals surface area contributed by atoms with Gasteiger partial charge in [0, 0.05) is 24.9 Å². The summed E-state index contributed by atoms with van der Waals surface area (Å²) in [5, 5.41) is 16.6. The number of anilines is 1. The predicted molar refractivity (Wildman–Crippen MR) is 111 cm³/mol. The van der Waals surface area contributed by atoms with Crippen molar-refractivity contribution in [3.8, 4) is 17.0 Å². The van der Waals surface area contributed by atoms with Gasteiger partial charge in [-0.3, -0.25) is 24.7 Å². The van der Waals surface area contributed by atoms with Gasteiger partial charge in [-0.25, -0.2) is 18.7 Å². The number of non-ortho nitro benzene ring substituents is 1. The number of nitrogens with zero attached hydrogens (tertiary/aromatic N) is 3. The molecule has 1 aliphatic heterocycles. The van der Waals surface area contributed by atoms with Gasteiger partial charge in [-0.05, 0) is 18.2 Å². The first kappa shape index (κ1) is 21.9. The lowest BCUT2D eigenvalue weighted by atomic mass is 10.1. The molecule has 1 unspecified atom stereocenters. The topological polar surface area (TPSA) is 167 Å². The number of nitro benzene ring substituents is 1. The average molecular weight is 462 g/mol. The Morgan fingerprint density at radius 3 is 2.61 bits per heavy atom. The third kappa shape index (κ3) is 4.49. The minimum absolute atomic E-state index is 0.0176. The van der Waals surface area contributed by atoms with Gasteiger partial charge in [-0.1, -0.05) is 0 Å². The summed E-state index contributed by atoms with van der Waals surface area (Å²) in [6, 6.07) is 6.21. The first-order valence-corrected chi connectivity index (χ1v) is 9.56. The normalized spacial score (nSPS) is 17.2. The van der Waals surface area contributed by atoms with Crippen LogP contribution in [0.4, 0.5) is 20.2 Å². The van der Waals surface area contributed by atoms with Crippen LogP contribution in [-0.2, 0) is 0 Å². The molecule has 1 atom stereocenters. The molecule has 4 rings (SSSR count). The maximum atomic E-state index is 14.6. The molecule has 0 aliphatic carbocycles. The number of alkyl halides is 2. The number of hydrogen-bond acceptors (Lipinski definition) is 8. The van der Waals surface area contributed by atoms with Gasteiger partial charge < -0.3 is 14.6 Å². The van der Waals surface area contributed by atoms with Crippen molar-refractivity contribution < 1.29 is 18.4 Å². The third-order valence-corrected chi connectivity index (χ3v) is 5.16. The Kier molecular flexibility index (Phi) is 5.49. The van der Waals surface area contributed by atoms with E-state index in [1.54, 1.807) is 0 Å². The molecule has 3 aromatic rings. The summed E-state index contributed by atoms with van der Waals surface area (Å²) in [6.07, 6.45) is 1.10. The quantitative estimate of drug-likeness (QED) is 0.358. The zero-order valence-corrected chi connectivity index (χ0v) is 16.7. The lowest BCUT2D eigenvalue weighted by molar-refractivity contribution is -0.384. The Labute approximate surface area is 182 Å². The van der Waals surface area contributed by atoms with Crippen molar-refractivity contribution in [3.05, 3.63) is 77.8 Å². The van der Waals surface area contributed by atoms with Gasteiger partial charge in [0.1, 0.15) is 11.4 Å². The summed E-state index contributed by atoms with van der Waals surface area (Å²) in [5.74, 6) is -4.29. The van der Waals surface area contributed by atoms with Crippen LogP contribution in [0.3, 0.4) is 0 Å². The van der Waals surface area contributed by atoms with Gasteiger partial charge in [0.2, 0.25) is 0 Å². The molecule has 172 valence electrons. The van der Waals surface area contributed by atoms with Gasteiger partial charge in [0.15, 0.2) is 0 Å². The van der Waals surface area contributed by atoms with E-state index in [0.29, 0.717) is 0 Å². The average Bonchev–Trinajstić information content (AvgIpc) is 3.07. The van der Waals surface area contributed by atoms with E-state index in [1.165, 1.54) is 30.3 Å². The summed E-state index contributed by atoms with van der Waals surface area (Å²) in [7, 11) is 0. The van der Waals surface area contributed by atoms with Gasteiger partial charge in [-0.2, -0.15) is 5.10 Å². The van der Waals surface area contributed by atoms with Crippen molar-refractivity contribution >= 4 is 11.4 Å². The van der Waals surface area contributed by atoms with Gasteiger partial charge >= 0.3 is 5.69 Å². The number of nitro groups is 1. The number of halogens is 2. The molecule has 0 radical (unpaired) electrons. The Bertz CT molecular complexity index is 1370. The number of H-pyrrole nitrogens is 3. The summed E-state index contributed by atoms with van der Waals surface area (Å²) in [6.45, 7) is -1.39. The molecule has 33 heavy (non-hydrogen) atoms. The van der Waals surface area contributed by atoms with Crippen LogP contribution in [0.25, 0.3) is 11.3 Å². The van der Waals surface area contributed by atoms with Crippen molar-refractivity contribution in [2.75, 3.05) is 24.6 Å². The Hall–Kier alpha value is -4.36. The molecular weight excluding hydrogens is 446 g/mol. The monoisotopic (exact) mass is 462 g/mol. The number of benzene rings is 1. The van der Waals surface area contributed by atoms with Gasteiger partial charge in [-0.15, -0.1) is 0 Å². The number of aromatic amines is 3. The number of rotatable bonds is 6. The molecule has 3 heterocycles. The van der Waals surface area contributed by atoms with Crippen molar-refractivity contribution in [2.24, 2.45) is 5.92 Å². The Balaban J connectivity index is 1.53. The molecule has 14 heteroatoms. The van der Waals surface area contributed by atoms with Crippen LogP contribution in [0.15, 0.2) is 50.9 Å². The van der Waals surface area contributed by atoms with Crippen LogP contribution in [0.1, 0.15) is 0 Å². The van der Waals surface area contributed by atoms with E-state index in [2.05, 4.69) is 15.2 Å².